The molecule has 3 nitrogen and oxygen atoms in total. The fourth-order valence-electron chi connectivity index (χ4n) is 9.16. The third kappa shape index (κ3) is 5.98. The van der Waals surface area contributed by atoms with E-state index in [0.717, 1.165) is 88.8 Å². The van der Waals surface area contributed by atoms with Gasteiger partial charge in [-0.3, -0.25) is 0 Å². The maximum Gasteiger partial charge on any atom is 0.143 e. The number of rotatable bonds is 7. The second kappa shape index (κ2) is 14.3. The lowest BCUT2D eigenvalue weighted by Gasteiger charge is -2.26. The van der Waals surface area contributed by atoms with Gasteiger partial charge in [-0.2, -0.15) is 0 Å². The molecule has 0 saturated carbocycles. The summed E-state index contributed by atoms with van der Waals surface area (Å²) in [5.41, 5.74) is 16.0. The lowest BCUT2D eigenvalue weighted by molar-refractivity contribution is 0.669. The largest absolute Gasteiger partial charge is 0.456 e. The normalized spacial score (nSPS) is 11.6. The maximum atomic E-state index is 6.43. The van der Waals surface area contributed by atoms with Gasteiger partial charge in [0.1, 0.15) is 22.3 Å². The van der Waals surface area contributed by atoms with E-state index >= 15 is 0 Å². The average Bonchev–Trinajstić information content (AvgIpc) is 3.91. The summed E-state index contributed by atoms with van der Waals surface area (Å²) >= 11 is 0. The molecule has 0 aliphatic heterocycles. The minimum atomic E-state index is 0.894. The predicted octanol–water partition coefficient (Wildman–Crippen LogP) is 16.8. The number of anilines is 3. The molecular weight excluding hydrogens is 743 g/mol. The van der Waals surface area contributed by atoms with E-state index in [1.807, 2.05) is 24.3 Å². The van der Waals surface area contributed by atoms with E-state index in [9.17, 15) is 0 Å². The molecule has 0 fully saturated rings. The van der Waals surface area contributed by atoms with Crippen LogP contribution in [0.1, 0.15) is 0 Å². The van der Waals surface area contributed by atoms with Crippen LogP contribution in [-0.4, -0.2) is 0 Å². The first-order valence-corrected chi connectivity index (χ1v) is 20.7. The van der Waals surface area contributed by atoms with Gasteiger partial charge < -0.3 is 13.7 Å². The van der Waals surface area contributed by atoms with Crippen molar-refractivity contribution in [1.82, 2.24) is 0 Å². The van der Waals surface area contributed by atoms with Gasteiger partial charge in [0, 0.05) is 44.2 Å². The molecule has 286 valence electrons. The number of benzene rings is 10. The molecule has 0 N–H and O–H groups in total. The van der Waals surface area contributed by atoms with E-state index < -0.39 is 0 Å². The third-order valence-electron chi connectivity index (χ3n) is 12.1. The van der Waals surface area contributed by atoms with Crippen LogP contribution in [0.25, 0.3) is 99.2 Å². The first-order chi connectivity index (χ1) is 30.2. The summed E-state index contributed by atoms with van der Waals surface area (Å²) in [5, 5.41) is 7.02. The van der Waals surface area contributed by atoms with Gasteiger partial charge in [-0.15, -0.1) is 0 Å². The van der Waals surface area contributed by atoms with Crippen molar-refractivity contribution in [3.8, 4) is 44.5 Å². The molecule has 10 aromatic carbocycles. The van der Waals surface area contributed by atoms with Gasteiger partial charge in [-0.05, 0) is 110 Å². The van der Waals surface area contributed by atoms with Gasteiger partial charge in [-0.25, -0.2) is 0 Å². The summed E-state index contributed by atoms with van der Waals surface area (Å²) in [5.74, 6) is 0. The van der Waals surface area contributed by atoms with Crippen LogP contribution in [0.5, 0.6) is 0 Å². The number of fused-ring (bicyclic) bond motifs is 7. The minimum Gasteiger partial charge on any atom is -0.456 e. The zero-order chi connectivity index (χ0) is 40.3. The summed E-state index contributed by atoms with van der Waals surface area (Å²) in [6.07, 6.45) is 0. The van der Waals surface area contributed by atoms with Crippen LogP contribution in [0.2, 0.25) is 0 Å². The first kappa shape index (κ1) is 34.9. The van der Waals surface area contributed by atoms with Gasteiger partial charge in [0.25, 0.3) is 0 Å². The zero-order valence-corrected chi connectivity index (χ0v) is 33.1. The van der Waals surface area contributed by atoms with Crippen molar-refractivity contribution in [2.45, 2.75) is 0 Å². The number of para-hydroxylation sites is 3. The van der Waals surface area contributed by atoms with E-state index in [1.165, 1.54) is 27.5 Å². The monoisotopic (exact) mass is 779 g/mol. The van der Waals surface area contributed by atoms with Crippen molar-refractivity contribution in [3.63, 3.8) is 0 Å². The van der Waals surface area contributed by atoms with Crippen LogP contribution >= 0.6 is 0 Å². The van der Waals surface area contributed by atoms with Crippen LogP contribution in [0.3, 0.4) is 0 Å². The number of furan rings is 2. The Labute approximate surface area is 353 Å². The standard InChI is InChI=1S/C58H37NO2/c1-2-15-47-39(11-1)12-8-18-48(47)43-14-7-13-42(37-43)38-25-31-44(32-26-38)59(45-33-27-40(28-34-45)49-19-10-24-56-57(49)53-17-4-6-23-55(53)60-56)46-35-29-41(30-36-46)50-20-9-21-52-51-16-3-5-22-54(51)61-58(50)52/h1-37H. The Morgan fingerprint density at radius 1 is 0.279 bits per heavy atom. The maximum absolute atomic E-state index is 6.43. The van der Waals surface area contributed by atoms with Crippen molar-refractivity contribution in [2.75, 3.05) is 4.90 Å². The Morgan fingerprint density at radius 3 is 1.52 bits per heavy atom. The van der Waals surface area contributed by atoms with E-state index in [-0.39, 0.29) is 0 Å². The van der Waals surface area contributed by atoms with Gasteiger partial charge >= 0.3 is 0 Å². The van der Waals surface area contributed by atoms with Crippen LogP contribution in [0.15, 0.2) is 233 Å². The molecule has 12 rings (SSSR count). The second-order valence-corrected chi connectivity index (χ2v) is 15.6. The summed E-state index contributed by atoms with van der Waals surface area (Å²) in [4.78, 5) is 2.33. The average molecular weight is 780 g/mol. The molecule has 0 aliphatic carbocycles. The molecule has 0 bridgehead atoms. The Kier molecular flexibility index (Phi) is 8.17. The highest BCUT2D eigenvalue weighted by Gasteiger charge is 2.18. The highest BCUT2D eigenvalue weighted by Crippen LogP contribution is 2.42. The number of hydrogen-bond acceptors (Lipinski definition) is 3. The molecule has 2 heterocycles. The Hall–Kier alpha value is -8.14. The van der Waals surface area contributed by atoms with Gasteiger partial charge in [0.05, 0.1) is 0 Å². The Balaban J connectivity index is 0.937. The molecule has 0 aliphatic rings. The smallest absolute Gasteiger partial charge is 0.143 e. The van der Waals surface area contributed by atoms with Crippen LogP contribution < -0.4 is 4.90 Å². The number of hydrogen-bond donors (Lipinski definition) is 0. The van der Waals surface area contributed by atoms with Gasteiger partial charge in [0.15, 0.2) is 0 Å². The van der Waals surface area contributed by atoms with E-state index in [0.29, 0.717) is 0 Å². The Bertz CT molecular complexity index is 3570. The highest BCUT2D eigenvalue weighted by molar-refractivity contribution is 6.12. The van der Waals surface area contributed by atoms with E-state index in [4.69, 9.17) is 8.83 Å². The van der Waals surface area contributed by atoms with Crippen molar-refractivity contribution in [2.24, 2.45) is 0 Å². The molecule has 3 heteroatoms. The second-order valence-electron chi connectivity index (χ2n) is 15.6. The molecule has 2 aromatic heterocycles. The molecule has 0 amide bonds. The first-order valence-electron chi connectivity index (χ1n) is 20.7. The van der Waals surface area contributed by atoms with Gasteiger partial charge in [-0.1, -0.05) is 164 Å². The molecular formula is C58H37NO2. The molecule has 0 unspecified atom stereocenters. The topological polar surface area (TPSA) is 29.5 Å². The lowest BCUT2D eigenvalue weighted by Crippen LogP contribution is -2.09. The van der Waals surface area contributed by atoms with Crippen molar-refractivity contribution in [1.29, 1.82) is 0 Å². The van der Waals surface area contributed by atoms with Gasteiger partial charge in [0.2, 0.25) is 0 Å². The minimum absolute atomic E-state index is 0.894. The quantitative estimate of drug-likeness (QED) is 0.161. The molecule has 12 aromatic rings. The summed E-state index contributed by atoms with van der Waals surface area (Å²) in [6.45, 7) is 0. The third-order valence-corrected chi connectivity index (χ3v) is 12.1. The lowest BCUT2D eigenvalue weighted by atomic mass is 9.95. The highest BCUT2D eigenvalue weighted by atomic mass is 16.3. The van der Waals surface area contributed by atoms with Crippen LogP contribution in [0, 0.1) is 0 Å². The molecule has 61 heavy (non-hydrogen) atoms. The van der Waals surface area contributed by atoms with E-state index in [2.05, 4.69) is 205 Å². The van der Waals surface area contributed by atoms with Crippen LogP contribution in [0.4, 0.5) is 17.1 Å². The number of nitrogens with zero attached hydrogens (tertiary/aromatic N) is 1. The van der Waals surface area contributed by atoms with E-state index in [1.54, 1.807) is 0 Å². The SMILES string of the molecule is c1cc(-c2ccc(N(c3ccc(-c4cccc5c4oc4ccccc45)cc3)c3ccc(-c4cccc5oc6ccccc6c45)cc3)cc2)cc(-c2cccc3ccccc23)c1. The molecule has 0 saturated heterocycles. The Morgan fingerprint density at radius 2 is 0.770 bits per heavy atom. The van der Waals surface area contributed by atoms with Crippen molar-refractivity contribution in [3.05, 3.63) is 224 Å². The summed E-state index contributed by atoms with van der Waals surface area (Å²) < 4.78 is 12.7. The molecule has 0 spiro atoms. The molecule has 0 atom stereocenters. The van der Waals surface area contributed by atoms with Crippen molar-refractivity contribution < 1.29 is 8.83 Å². The van der Waals surface area contributed by atoms with Crippen LogP contribution in [-0.2, 0) is 0 Å². The molecule has 0 radical (unpaired) electrons. The predicted molar refractivity (Wildman–Crippen MR) is 255 cm³/mol. The fraction of sp³-hybridized carbons (Fsp3) is 0. The summed E-state index contributed by atoms with van der Waals surface area (Å²) in [7, 11) is 0. The zero-order valence-electron chi connectivity index (χ0n) is 33.1. The van der Waals surface area contributed by atoms with Crippen molar-refractivity contribution >= 4 is 71.7 Å². The summed E-state index contributed by atoms with van der Waals surface area (Å²) in [6, 6.07) is 79.9. The fourth-order valence-corrected chi connectivity index (χ4v) is 9.16.